The van der Waals surface area contributed by atoms with E-state index < -0.39 is 4.92 Å². The van der Waals surface area contributed by atoms with Gasteiger partial charge in [0.2, 0.25) is 11.6 Å². The van der Waals surface area contributed by atoms with Crippen LogP contribution < -0.4 is 15.8 Å². The molecule has 2 aromatic rings. The number of methoxy groups -OCH3 is 1. The van der Waals surface area contributed by atoms with E-state index in [4.69, 9.17) is 22.1 Å². The Kier molecular flexibility index (Phi) is 3.85. The van der Waals surface area contributed by atoms with Crippen LogP contribution in [0.2, 0.25) is 5.02 Å². The maximum atomic E-state index is 11.0. The summed E-state index contributed by atoms with van der Waals surface area (Å²) in [5.41, 5.74) is 5.59. The number of nitro groups is 1. The number of nitrogens with one attached hydrogen (secondary N) is 1. The number of benzene rings is 1. The van der Waals surface area contributed by atoms with Gasteiger partial charge in [-0.25, -0.2) is 9.97 Å². The van der Waals surface area contributed by atoms with Gasteiger partial charge in [-0.2, -0.15) is 0 Å². The molecule has 0 aliphatic rings. The summed E-state index contributed by atoms with van der Waals surface area (Å²) in [6.45, 7) is 0. The van der Waals surface area contributed by atoms with Crippen molar-refractivity contribution in [2.45, 2.75) is 0 Å². The topological polar surface area (TPSA) is 116 Å². The predicted molar refractivity (Wildman–Crippen MR) is 74.4 cm³/mol. The standard InChI is InChI=1S/C11H10ClN5O3/c1-20-8-3-2-6(4-7(8)12)16-11-9(17(18)19)10(13)14-5-15-11/h2-5H,1H3,(H3,13,14,15,16). The van der Waals surface area contributed by atoms with Crippen molar-refractivity contribution in [1.29, 1.82) is 0 Å². The predicted octanol–water partition coefficient (Wildman–Crippen LogP) is 2.37. The second-order valence-electron chi connectivity index (χ2n) is 3.69. The molecule has 0 bridgehead atoms. The average molecular weight is 296 g/mol. The number of hydrogen-bond donors (Lipinski definition) is 2. The van der Waals surface area contributed by atoms with E-state index in [-0.39, 0.29) is 17.3 Å². The SMILES string of the molecule is COc1ccc(Nc2ncnc(N)c2[N+](=O)[O-])cc1Cl. The number of ether oxygens (including phenoxy) is 1. The van der Waals surface area contributed by atoms with Gasteiger partial charge in [0.15, 0.2) is 0 Å². The molecule has 0 saturated heterocycles. The monoisotopic (exact) mass is 295 g/mol. The van der Waals surface area contributed by atoms with Gasteiger partial charge in [-0.3, -0.25) is 10.1 Å². The average Bonchev–Trinajstić information content (AvgIpc) is 2.38. The fourth-order valence-electron chi connectivity index (χ4n) is 1.54. The quantitative estimate of drug-likeness (QED) is 0.657. The zero-order valence-corrected chi connectivity index (χ0v) is 11.1. The van der Waals surface area contributed by atoms with Crippen molar-refractivity contribution >= 4 is 34.6 Å². The molecule has 0 radical (unpaired) electrons. The molecule has 0 aliphatic carbocycles. The summed E-state index contributed by atoms with van der Waals surface area (Å²) in [5.74, 6) is 0.268. The van der Waals surface area contributed by atoms with Crippen LogP contribution in [0.5, 0.6) is 5.75 Å². The third-order valence-corrected chi connectivity index (χ3v) is 2.74. The number of halogens is 1. The Balaban J connectivity index is 2.38. The lowest BCUT2D eigenvalue weighted by Gasteiger charge is -2.09. The Bertz CT molecular complexity index is 665. The molecule has 0 amide bonds. The fraction of sp³-hybridized carbons (Fsp3) is 0.0909. The summed E-state index contributed by atoms with van der Waals surface area (Å²) in [6.07, 6.45) is 1.13. The van der Waals surface area contributed by atoms with Crippen LogP contribution in [-0.2, 0) is 0 Å². The first-order valence-corrected chi connectivity index (χ1v) is 5.76. The van der Waals surface area contributed by atoms with Gasteiger partial charge in [-0.1, -0.05) is 11.6 Å². The summed E-state index contributed by atoms with van der Waals surface area (Å²) >= 11 is 5.97. The van der Waals surface area contributed by atoms with Gasteiger partial charge in [0.1, 0.15) is 12.1 Å². The first kappa shape index (κ1) is 13.8. The second-order valence-corrected chi connectivity index (χ2v) is 4.09. The van der Waals surface area contributed by atoms with Crippen molar-refractivity contribution in [2.24, 2.45) is 0 Å². The maximum Gasteiger partial charge on any atom is 0.353 e. The summed E-state index contributed by atoms with van der Waals surface area (Å²) in [4.78, 5) is 17.7. The van der Waals surface area contributed by atoms with Crippen LogP contribution in [0.3, 0.4) is 0 Å². The van der Waals surface area contributed by atoms with Crippen LogP contribution in [0.25, 0.3) is 0 Å². The smallest absolute Gasteiger partial charge is 0.353 e. The lowest BCUT2D eigenvalue weighted by atomic mass is 10.3. The van der Waals surface area contributed by atoms with Crippen LogP contribution in [0.1, 0.15) is 0 Å². The number of nitrogens with zero attached hydrogens (tertiary/aromatic N) is 3. The minimum absolute atomic E-state index is 0.0104. The summed E-state index contributed by atoms with van der Waals surface area (Å²) in [7, 11) is 1.49. The normalized spacial score (nSPS) is 10.1. The maximum absolute atomic E-state index is 11.0. The van der Waals surface area contributed by atoms with Crippen LogP contribution in [-0.4, -0.2) is 22.0 Å². The molecule has 2 rings (SSSR count). The molecule has 0 fully saturated rings. The molecule has 0 saturated carbocycles. The van der Waals surface area contributed by atoms with Crippen LogP contribution in [0, 0.1) is 10.1 Å². The van der Waals surface area contributed by atoms with E-state index in [1.165, 1.54) is 7.11 Å². The van der Waals surface area contributed by atoms with Gasteiger partial charge < -0.3 is 15.8 Å². The number of nitrogen functional groups attached to an aromatic ring is 1. The van der Waals surface area contributed by atoms with Gasteiger partial charge >= 0.3 is 5.69 Å². The zero-order valence-electron chi connectivity index (χ0n) is 10.3. The lowest BCUT2D eigenvalue weighted by molar-refractivity contribution is -0.383. The Morgan fingerprint density at radius 1 is 1.45 bits per heavy atom. The third-order valence-electron chi connectivity index (χ3n) is 2.45. The van der Waals surface area contributed by atoms with Gasteiger partial charge in [-0.05, 0) is 18.2 Å². The molecule has 1 aromatic heterocycles. The molecule has 3 N–H and O–H groups in total. The molecular formula is C11H10ClN5O3. The summed E-state index contributed by atoms with van der Waals surface area (Å²) < 4.78 is 5.02. The highest BCUT2D eigenvalue weighted by Gasteiger charge is 2.21. The number of rotatable bonds is 4. The van der Waals surface area contributed by atoms with E-state index in [2.05, 4.69) is 15.3 Å². The van der Waals surface area contributed by atoms with Crippen molar-refractivity contribution < 1.29 is 9.66 Å². The highest BCUT2D eigenvalue weighted by atomic mass is 35.5. The van der Waals surface area contributed by atoms with Gasteiger partial charge in [-0.15, -0.1) is 0 Å². The van der Waals surface area contributed by atoms with Gasteiger partial charge in [0, 0.05) is 5.69 Å². The Hall–Kier alpha value is -2.61. The highest BCUT2D eigenvalue weighted by Crippen LogP contribution is 2.32. The third kappa shape index (κ3) is 2.69. The number of nitrogens with two attached hydrogens (primary N) is 1. The van der Waals surface area contributed by atoms with Crippen LogP contribution in [0.4, 0.5) is 23.0 Å². The molecule has 0 atom stereocenters. The minimum Gasteiger partial charge on any atom is -0.495 e. The molecule has 9 heteroatoms. The highest BCUT2D eigenvalue weighted by molar-refractivity contribution is 6.32. The van der Waals surface area contributed by atoms with E-state index in [1.807, 2.05) is 0 Å². The Labute approximate surface area is 118 Å². The molecule has 0 aliphatic heterocycles. The van der Waals surface area contributed by atoms with Gasteiger partial charge in [0.05, 0.1) is 17.1 Å². The summed E-state index contributed by atoms with van der Waals surface area (Å²) in [6, 6.07) is 4.83. The van der Waals surface area contributed by atoms with Gasteiger partial charge in [0.25, 0.3) is 0 Å². The van der Waals surface area contributed by atoms with E-state index in [9.17, 15) is 10.1 Å². The summed E-state index contributed by atoms with van der Waals surface area (Å²) in [5, 5.41) is 14.1. The second kappa shape index (κ2) is 5.57. The van der Waals surface area contributed by atoms with E-state index in [0.717, 1.165) is 6.33 Å². The molecule has 1 heterocycles. The van der Waals surface area contributed by atoms with E-state index in [0.29, 0.717) is 16.5 Å². The Morgan fingerprint density at radius 3 is 2.80 bits per heavy atom. The number of anilines is 3. The lowest BCUT2D eigenvalue weighted by Crippen LogP contribution is -2.05. The fourth-order valence-corrected chi connectivity index (χ4v) is 1.80. The van der Waals surface area contributed by atoms with Crippen molar-refractivity contribution in [1.82, 2.24) is 9.97 Å². The molecule has 20 heavy (non-hydrogen) atoms. The van der Waals surface area contributed by atoms with E-state index in [1.54, 1.807) is 18.2 Å². The van der Waals surface area contributed by atoms with Crippen molar-refractivity contribution in [3.05, 3.63) is 39.7 Å². The first-order valence-electron chi connectivity index (χ1n) is 5.38. The minimum atomic E-state index is -0.650. The number of aromatic nitrogens is 2. The van der Waals surface area contributed by atoms with Crippen molar-refractivity contribution in [3.63, 3.8) is 0 Å². The largest absolute Gasteiger partial charge is 0.495 e. The molecule has 0 unspecified atom stereocenters. The molecule has 104 valence electrons. The molecule has 0 spiro atoms. The molecule has 8 nitrogen and oxygen atoms in total. The molecular weight excluding hydrogens is 286 g/mol. The van der Waals surface area contributed by atoms with Crippen LogP contribution >= 0.6 is 11.6 Å². The number of hydrogen-bond acceptors (Lipinski definition) is 7. The van der Waals surface area contributed by atoms with Crippen molar-refractivity contribution in [3.8, 4) is 5.75 Å². The van der Waals surface area contributed by atoms with Crippen molar-refractivity contribution in [2.75, 3.05) is 18.2 Å². The Morgan fingerprint density at radius 2 is 2.20 bits per heavy atom. The first-order chi connectivity index (χ1) is 9.52. The van der Waals surface area contributed by atoms with E-state index >= 15 is 0 Å². The zero-order chi connectivity index (χ0) is 14.7. The molecule has 1 aromatic carbocycles. The van der Waals surface area contributed by atoms with Crippen LogP contribution in [0.15, 0.2) is 24.5 Å².